The van der Waals surface area contributed by atoms with Gasteiger partial charge in [-0.05, 0) is 0 Å². The topological polar surface area (TPSA) is 96.4 Å². The molecule has 1 aliphatic heterocycles. The van der Waals surface area contributed by atoms with Gasteiger partial charge in [0, 0.05) is 7.11 Å². The van der Waals surface area contributed by atoms with Gasteiger partial charge in [-0.3, -0.25) is 0 Å². The molecule has 2 rings (SSSR count). The van der Waals surface area contributed by atoms with Gasteiger partial charge in [0.25, 0.3) is 0 Å². The summed E-state index contributed by atoms with van der Waals surface area (Å²) in [6, 6.07) is 0. The first-order valence-electron chi connectivity index (χ1n) is 4.26. The molecule has 0 radical (unpaired) electrons. The number of hydrogen-bond acceptors (Lipinski definition) is 5. The minimum absolute atomic E-state index is 0.0861. The fraction of sp³-hybridized carbons (Fsp3) is 0.571. The molecule has 15 heavy (non-hydrogen) atoms. The zero-order valence-corrected chi connectivity index (χ0v) is 8.90. The Hall–Kier alpha value is -1.12. The number of primary sulfonamides is 1. The number of ether oxygens (including phenoxy) is 2. The molecule has 1 aromatic heterocycles. The molecular formula is C7H11N3O4S. The second-order valence-corrected chi connectivity index (χ2v) is 4.74. The van der Waals surface area contributed by atoms with Crippen LogP contribution in [0.25, 0.3) is 0 Å². The summed E-state index contributed by atoms with van der Waals surface area (Å²) in [6.45, 7) is 0.756. The fourth-order valence-electron chi connectivity index (χ4n) is 1.39. The molecule has 0 saturated carbocycles. The summed E-state index contributed by atoms with van der Waals surface area (Å²) >= 11 is 0. The third-order valence-corrected chi connectivity index (χ3v) is 3.08. The lowest BCUT2D eigenvalue weighted by molar-refractivity contribution is 0.0165. The van der Waals surface area contributed by atoms with Gasteiger partial charge in [0.2, 0.25) is 15.9 Å². The SMILES string of the molecule is COC1COc2c(S(N)(=O)=O)cnn2C1. The van der Waals surface area contributed by atoms with Crippen LogP contribution in [-0.2, 0) is 21.3 Å². The highest BCUT2D eigenvalue weighted by Gasteiger charge is 2.27. The van der Waals surface area contributed by atoms with Crippen LogP contribution in [0.15, 0.2) is 11.1 Å². The summed E-state index contributed by atoms with van der Waals surface area (Å²) in [6.07, 6.45) is 1.06. The monoisotopic (exact) mass is 233 g/mol. The van der Waals surface area contributed by atoms with Gasteiger partial charge < -0.3 is 9.47 Å². The van der Waals surface area contributed by atoms with E-state index in [0.717, 1.165) is 0 Å². The molecule has 0 saturated heterocycles. The standard InChI is InChI=1S/C7H11N3O4S/c1-13-5-3-10-7(14-4-5)6(2-9-10)15(8,11)12/h2,5H,3-4H2,1H3,(H2,8,11,12). The van der Waals surface area contributed by atoms with Crippen LogP contribution in [0.2, 0.25) is 0 Å². The van der Waals surface area contributed by atoms with Crippen LogP contribution in [0.3, 0.4) is 0 Å². The molecule has 0 amide bonds. The van der Waals surface area contributed by atoms with Crippen LogP contribution in [0.4, 0.5) is 0 Å². The Balaban J connectivity index is 2.38. The van der Waals surface area contributed by atoms with Crippen LogP contribution in [-0.4, -0.2) is 38.0 Å². The third-order valence-electron chi connectivity index (χ3n) is 2.18. The lowest BCUT2D eigenvalue weighted by Crippen LogP contribution is -2.32. The number of fused-ring (bicyclic) bond motifs is 1. The van der Waals surface area contributed by atoms with Crippen molar-refractivity contribution in [2.75, 3.05) is 13.7 Å². The van der Waals surface area contributed by atoms with Crippen molar-refractivity contribution in [3.05, 3.63) is 6.20 Å². The van der Waals surface area contributed by atoms with Crippen molar-refractivity contribution in [3.8, 4) is 5.88 Å². The van der Waals surface area contributed by atoms with E-state index in [9.17, 15) is 8.42 Å². The maximum atomic E-state index is 11.1. The molecule has 0 aliphatic carbocycles. The van der Waals surface area contributed by atoms with Gasteiger partial charge in [0.15, 0.2) is 4.90 Å². The smallest absolute Gasteiger partial charge is 0.245 e. The Morgan fingerprint density at radius 2 is 2.47 bits per heavy atom. The molecule has 2 heterocycles. The number of nitrogens with zero attached hydrogens (tertiary/aromatic N) is 2. The van der Waals surface area contributed by atoms with Gasteiger partial charge in [-0.15, -0.1) is 0 Å². The summed E-state index contributed by atoms with van der Waals surface area (Å²) in [4.78, 5) is -0.0861. The van der Waals surface area contributed by atoms with Gasteiger partial charge in [-0.2, -0.15) is 5.10 Å². The summed E-state index contributed by atoms with van der Waals surface area (Å²) < 4.78 is 34.0. The van der Waals surface area contributed by atoms with E-state index in [4.69, 9.17) is 14.6 Å². The van der Waals surface area contributed by atoms with E-state index in [-0.39, 0.29) is 16.9 Å². The number of nitrogens with two attached hydrogens (primary N) is 1. The lowest BCUT2D eigenvalue weighted by Gasteiger charge is -2.23. The number of sulfonamides is 1. The minimum Gasteiger partial charge on any atom is -0.474 e. The molecule has 0 bridgehead atoms. The highest BCUT2D eigenvalue weighted by Crippen LogP contribution is 2.25. The van der Waals surface area contributed by atoms with Gasteiger partial charge >= 0.3 is 0 Å². The Labute approximate surface area is 86.8 Å². The second kappa shape index (κ2) is 3.47. The average molecular weight is 233 g/mol. The first-order valence-corrected chi connectivity index (χ1v) is 5.81. The van der Waals surface area contributed by atoms with Crippen molar-refractivity contribution in [3.63, 3.8) is 0 Å². The zero-order chi connectivity index (χ0) is 11.1. The summed E-state index contributed by atoms with van der Waals surface area (Å²) in [7, 11) is -2.22. The fourth-order valence-corrected chi connectivity index (χ4v) is 1.99. The van der Waals surface area contributed by atoms with E-state index in [0.29, 0.717) is 13.2 Å². The quantitative estimate of drug-likeness (QED) is 0.702. The predicted molar refractivity (Wildman–Crippen MR) is 49.9 cm³/mol. The Bertz CT molecular complexity index is 467. The molecule has 84 valence electrons. The van der Waals surface area contributed by atoms with Crippen LogP contribution in [0.1, 0.15) is 0 Å². The van der Waals surface area contributed by atoms with Crippen molar-refractivity contribution >= 4 is 10.0 Å². The average Bonchev–Trinajstić information content (AvgIpc) is 2.59. The largest absolute Gasteiger partial charge is 0.474 e. The molecule has 1 unspecified atom stereocenters. The van der Waals surface area contributed by atoms with Crippen molar-refractivity contribution in [1.29, 1.82) is 0 Å². The van der Waals surface area contributed by atoms with E-state index >= 15 is 0 Å². The van der Waals surface area contributed by atoms with Crippen LogP contribution < -0.4 is 9.88 Å². The van der Waals surface area contributed by atoms with Crippen LogP contribution in [0, 0.1) is 0 Å². The Morgan fingerprint density at radius 1 is 1.73 bits per heavy atom. The molecule has 0 fully saturated rings. The molecule has 0 spiro atoms. The molecule has 0 aromatic carbocycles. The molecule has 8 heteroatoms. The van der Waals surface area contributed by atoms with Crippen LogP contribution in [0.5, 0.6) is 5.88 Å². The van der Waals surface area contributed by atoms with Crippen molar-refractivity contribution in [2.24, 2.45) is 5.14 Å². The maximum Gasteiger partial charge on any atom is 0.245 e. The molecule has 1 atom stereocenters. The molecule has 1 aliphatic rings. The lowest BCUT2D eigenvalue weighted by atomic mass is 10.3. The maximum absolute atomic E-state index is 11.1. The van der Waals surface area contributed by atoms with Gasteiger partial charge in [0.05, 0.1) is 12.7 Å². The summed E-state index contributed by atoms with van der Waals surface area (Å²) in [5.74, 6) is 0.186. The van der Waals surface area contributed by atoms with E-state index < -0.39 is 10.0 Å². The Kier molecular flexibility index (Phi) is 2.41. The normalized spacial score (nSPS) is 20.8. The van der Waals surface area contributed by atoms with E-state index in [1.807, 2.05) is 0 Å². The van der Waals surface area contributed by atoms with Gasteiger partial charge in [-0.25, -0.2) is 18.2 Å². The molecule has 2 N–H and O–H groups in total. The Morgan fingerprint density at radius 3 is 3.07 bits per heavy atom. The van der Waals surface area contributed by atoms with Crippen molar-refractivity contribution in [2.45, 2.75) is 17.5 Å². The predicted octanol–water partition coefficient (Wildman–Crippen LogP) is -1.06. The third kappa shape index (κ3) is 1.83. The number of hydrogen-bond donors (Lipinski definition) is 1. The van der Waals surface area contributed by atoms with Gasteiger partial charge in [0.1, 0.15) is 12.7 Å². The highest BCUT2D eigenvalue weighted by molar-refractivity contribution is 7.89. The van der Waals surface area contributed by atoms with Crippen LogP contribution >= 0.6 is 0 Å². The highest BCUT2D eigenvalue weighted by atomic mass is 32.2. The van der Waals surface area contributed by atoms with Crippen molar-refractivity contribution < 1.29 is 17.9 Å². The number of aromatic nitrogens is 2. The summed E-state index contributed by atoms with van der Waals surface area (Å²) in [5, 5.41) is 8.87. The molecular weight excluding hydrogens is 222 g/mol. The van der Waals surface area contributed by atoms with E-state index in [1.165, 1.54) is 10.9 Å². The van der Waals surface area contributed by atoms with E-state index in [2.05, 4.69) is 5.10 Å². The number of rotatable bonds is 2. The minimum atomic E-state index is -3.77. The van der Waals surface area contributed by atoms with E-state index in [1.54, 1.807) is 7.11 Å². The zero-order valence-electron chi connectivity index (χ0n) is 8.08. The first kappa shape index (κ1) is 10.4. The second-order valence-electron chi connectivity index (χ2n) is 3.21. The van der Waals surface area contributed by atoms with Crippen molar-refractivity contribution in [1.82, 2.24) is 9.78 Å². The first-order chi connectivity index (χ1) is 7.02. The number of methoxy groups -OCH3 is 1. The summed E-state index contributed by atoms with van der Waals surface area (Å²) in [5.41, 5.74) is 0. The molecule has 7 nitrogen and oxygen atoms in total. The van der Waals surface area contributed by atoms with Gasteiger partial charge in [-0.1, -0.05) is 0 Å². The molecule has 1 aromatic rings.